The standard InChI is InChI=1S/C15H26O2/c1-11(10-16)12-5-8-14(2)6-4-7-15(3,17)13(14)9-12/h12-13,16-17H,1,4-10H2,2-3H3/t12-,13-,14-,15-/m1/s1. The first-order valence-corrected chi connectivity index (χ1v) is 6.90. The van der Waals surface area contributed by atoms with Crippen LogP contribution in [0.25, 0.3) is 0 Å². The largest absolute Gasteiger partial charge is 0.392 e. The highest BCUT2D eigenvalue weighted by Gasteiger charge is 2.50. The van der Waals surface area contributed by atoms with E-state index >= 15 is 0 Å². The molecule has 0 aromatic rings. The van der Waals surface area contributed by atoms with Gasteiger partial charge in [-0.1, -0.05) is 19.9 Å². The maximum Gasteiger partial charge on any atom is 0.0653 e. The van der Waals surface area contributed by atoms with Gasteiger partial charge >= 0.3 is 0 Å². The van der Waals surface area contributed by atoms with Crippen LogP contribution < -0.4 is 0 Å². The molecule has 98 valence electrons. The van der Waals surface area contributed by atoms with Crippen molar-refractivity contribution in [1.29, 1.82) is 0 Å². The van der Waals surface area contributed by atoms with Crippen LogP contribution in [-0.4, -0.2) is 22.4 Å². The second-order valence-corrected chi connectivity index (χ2v) is 6.71. The summed E-state index contributed by atoms with van der Waals surface area (Å²) in [5.41, 5.74) is 0.725. The molecule has 0 aromatic heterocycles. The van der Waals surface area contributed by atoms with Gasteiger partial charge in [-0.05, 0) is 61.9 Å². The lowest BCUT2D eigenvalue weighted by atomic mass is 9.53. The third-order valence-corrected chi connectivity index (χ3v) is 5.39. The molecule has 2 N–H and O–H groups in total. The molecule has 0 spiro atoms. The van der Waals surface area contributed by atoms with Gasteiger partial charge in [0.05, 0.1) is 12.2 Å². The van der Waals surface area contributed by atoms with E-state index in [0.29, 0.717) is 17.3 Å². The molecular formula is C15H26O2. The van der Waals surface area contributed by atoms with E-state index in [1.54, 1.807) is 0 Å². The summed E-state index contributed by atoms with van der Waals surface area (Å²) < 4.78 is 0. The van der Waals surface area contributed by atoms with Gasteiger partial charge in [0.2, 0.25) is 0 Å². The first-order chi connectivity index (χ1) is 7.89. The van der Waals surface area contributed by atoms with Crippen LogP contribution in [0, 0.1) is 17.3 Å². The third-order valence-electron chi connectivity index (χ3n) is 5.39. The molecule has 0 aromatic carbocycles. The van der Waals surface area contributed by atoms with Crippen molar-refractivity contribution in [3.8, 4) is 0 Å². The van der Waals surface area contributed by atoms with E-state index < -0.39 is 5.60 Å². The Hall–Kier alpha value is -0.340. The minimum absolute atomic E-state index is 0.0935. The van der Waals surface area contributed by atoms with Crippen molar-refractivity contribution < 1.29 is 10.2 Å². The average molecular weight is 238 g/mol. The van der Waals surface area contributed by atoms with Gasteiger partial charge in [-0.25, -0.2) is 0 Å². The van der Waals surface area contributed by atoms with Crippen molar-refractivity contribution in [2.45, 2.75) is 58.0 Å². The number of hydrogen-bond acceptors (Lipinski definition) is 2. The molecule has 0 bridgehead atoms. The highest BCUT2D eigenvalue weighted by atomic mass is 16.3. The zero-order chi connectivity index (χ0) is 12.7. The van der Waals surface area contributed by atoms with Gasteiger partial charge in [-0.3, -0.25) is 0 Å². The quantitative estimate of drug-likeness (QED) is 0.726. The number of rotatable bonds is 2. The van der Waals surface area contributed by atoms with Gasteiger partial charge in [0.1, 0.15) is 0 Å². The maximum atomic E-state index is 10.6. The Morgan fingerprint density at radius 3 is 2.65 bits per heavy atom. The average Bonchev–Trinajstić information content (AvgIpc) is 2.27. The molecule has 0 unspecified atom stereocenters. The van der Waals surface area contributed by atoms with Crippen molar-refractivity contribution in [2.24, 2.45) is 17.3 Å². The fraction of sp³-hybridized carbons (Fsp3) is 0.867. The number of aliphatic hydroxyl groups is 2. The molecule has 0 saturated heterocycles. The minimum Gasteiger partial charge on any atom is -0.392 e. The van der Waals surface area contributed by atoms with Crippen LogP contribution >= 0.6 is 0 Å². The molecule has 2 fully saturated rings. The van der Waals surface area contributed by atoms with Crippen molar-refractivity contribution >= 4 is 0 Å². The summed E-state index contributed by atoms with van der Waals surface area (Å²) in [5, 5.41) is 19.8. The van der Waals surface area contributed by atoms with Crippen molar-refractivity contribution in [3.63, 3.8) is 0 Å². The molecule has 0 amide bonds. The van der Waals surface area contributed by atoms with E-state index in [9.17, 15) is 10.2 Å². The monoisotopic (exact) mass is 238 g/mol. The summed E-state index contributed by atoms with van der Waals surface area (Å²) >= 11 is 0. The predicted molar refractivity (Wildman–Crippen MR) is 69.6 cm³/mol. The van der Waals surface area contributed by atoms with Gasteiger partial charge in [0.25, 0.3) is 0 Å². The van der Waals surface area contributed by atoms with Gasteiger partial charge in [-0.15, -0.1) is 0 Å². The summed E-state index contributed by atoms with van der Waals surface area (Å²) in [6, 6.07) is 0. The molecule has 2 aliphatic rings. The summed E-state index contributed by atoms with van der Waals surface area (Å²) in [6.45, 7) is 8.40. The van der Waals surface area contributed by atoms with Crippen LogP contribution in [-0.2, 0) is 0 Å². The van der Waals surface area contributed by atoms with Crippen LogP contribution in [0.15, 0.2) is 12.2 Å². The van der Waals surface area contributed by atoms with E-state index in [1.165, 1.54) is 6.42 Å². The lowest BCUT2D eigenvalue weighted by Crippen LogP contribution is -2.51. The van der Waals surface area contributed by atoms with E-state index in [1.807, 2.05) is 6.92 Å². The molecule has 2 saturated carbocycles. The Labute approximate surface area is 105 Å². The lowest BCUT2D eigenvalue weighted by molar-refractivity contribution is -0.120. The molecule has 17 heavy (non-hydrogen) atoms. The molecule has 2 nitrogen and oxygen atoms in total. The SMILES string of the molecule is C=C(CO)[C@@H]1CC[C@@]2(C)CCC[C@@](C)(O)[C@@H]2C1. The van der Waals surface area contributed by atoms with Crippen LogP contribution in [0.4, 0.5) is 0 Å². The van der Waals surface area contributed by atoms with E-state index in [-0.39, 0.29) is 6.61 Å². The Morgan fingerprint density at radius 1 is 1.29 bits per heavy atom. The second-order valence-electron chi connectivity index (χ2n) is 6.71. The lowest BCUT2D eigenvalue weighted by Gasteiger charge is -2.54. The Kier molecular flexibility index (Phi) is 3.39. The van der Waals surface area contributed by atoms with E-state index in [4.69, 9.17) is 0 Å². The third kappa shape index (κ3) is 2.30. The topological polar surface area (TPSA) is 40.5 Å². The first kappa shape index (κ1) is 13.1. The second kappa shape index (κ2) is 4.40. The number of aliphatic hydroxyl groups excluding tert-OH is 1. The molecule has 2 aliphatic carbocycles. The van der Waals surface area contributed by atoms with Crippen molar-refractivity contribution in [1.82, 2.24) is 0 Å². The zero-order valence-corrected chi connectivity index (χ0v) is 11.2. The molecule has 2 heteroatoms. The van der Waals surface area contributed by atoms with E-state index in [0.717, 1.165) is 37.7 Å². The highest BCUT2D eigenvalue weighted by Crippen LogP contribution is 2.56. The zero-order valence-electron chi connectivity index (χ0n) is 11.2. The highest BCUT2D eigenvalue weighted by molar-refractivity contribution is 5.09. The summed E-state index contributed by atoms with van der Waals surface area (Å²) in [7, 11) is 0. The first-order valence-electron chi connectivity index (χ1n) is 6.90. The van der Waals surface area contributed by atoms with Crippen LogP contribution in [0.2, 0.25) is 0 Å². The van der Waals surface area contributed by atoms with Gasteiger partial charge < -0.3 is 10.2 Å². The van der Waals surface area contributed by atoms with Gasteiger partial charge in [0, 0.05) is 0 Å². The molecular weight excluding hydrogens is 212 g/mol. The fourth-order valence-electron chi connectivity index (χ4n) is 4.19. The van der Waals surface area contributed by atoms with Crippen molar-refractivity contribution in [3.05, 3.63) is 12.2 Å². The van der Waals surface area contributed by atoms with Gasteiger partial charge in [-0.2, -0.15) is 0 Å². The van der Waals surface area contributed by atoms with Crippen LogP contribution in [0.1, 0.15) is 52.4 Å². The smallest absolute Gasteiger partial charge is 0.0653 e. The summed E-state index contributed by atoms with van der Waals surface area (Å²) in [6.07, 6.45) is 6.60. The predicted octanol–water partition coefficient (Wildman–Crippen LogP) is 2.89. The summed E-state index contributed by atoms with van der Waals surface area (Å²) in [4.78, 5) is 0. The molecule has 0 radical (unpaired) electrons. The van der Waals surface area contributed by atoms with E-state index in [2.05, 4.69) is 13.5 Å². The molecule has 0 heterocycles. The van der Waals surface area contributed by atoms with Crippen LogP contribution in [0.3, 0.4) is 0 Å². The fourth-order valence-corrected chi connectivity index (χ4v) is 4.19. The Balaban J connectivity index is 2.17. The number of hydrogen-bond donors (Lipinski definition) is 2. The Morgan fingerprint density at radius 2 is 2.00 bits per heavy atom. The molecule has 0 aliphatic heterocycles. The van der Waals surface area contributed by atoms with Crippen LogP contribution in [0.5, 0.6) is 0 Å². The number of fused-ring (bicyclic) bond motifs is 1. The molecule has 4 atom stereocenters. The minimum atomic E-state index is -0.526. The van der Waals surface area contributed by atoms with Gasteiger partial charge in [0.15, 0.2) is 0 Å². The van der Waals surface area contributed by atoms with Crippen molar-refractivity contribution in [2.75, 3.05) is 6.61 Å². The maximum absolute atomic E-state index is 10.6. The normalized spacial score (nSPS) is 46.4. The summed E-state index contributed by atoms with van der Waals surface area (Å²) in [5.74, 6) is 0.772. The molecule has 2 rings (SSSR count). The Bertz CT molecular complexity index is 308.